The first-order chi connectivity index (χ1) is 11.7. The van der Waals surface area contributed by atoms with Crippen LogP contribution in [0.5, 0.6) is 0 Å². The van der Waals surface area contributed by atoms with E-state index >= 15 is 0 Å². The van der Waals surface area contributed by atoms with Crippen LogP contribution in [0, 0.1) is 0 Å². The first-order valence-corrected chi connectivity index (χ1v) is 8.62. The number of amides is 1. The van der Waals surface area contributed by atoms with Gasteiger partial charge in [0.1, 0.15) is 0 Å². The van der Waals surface area contributed by atoms with E-state index in [1.807, 2.05) is 36.5 Å². The maximum Gasteiger partial charge on any atom is 0.224 e. The first kappa shape index (κ1) is 16.3. The van der Waals surface area contributed by atoms with Crippen molar-refractivity contribution in [3.8, 4) is 0 Å². The number of carbonyl (C=O) groups excluding carboxylic acids is 1. The summed E-state index contributed by atoms with van der Waals surface area (Å²) in [5.41, 5.74) is 4.46. The number of aryl methyl sites for hydroxylation is 1. The number of fused-ring (bicyclic) bond motifs is 1. The summed E-state index contributed by atoms with van der Waals surface area (Å²) >= 11 is 0. The van der Waals surface area contributed by atoms with Gasteiger partial charge in [-0.1, -0.05) is 50.2 Å². The lowest BCUT2D eigenvalue weighted by molar-refractivity contribution is -0.116. The summed E-state index contributed by atoms with van der Waals surface area (Å²) < 4.78 is 0. The number of nitrogens with one attached hydrogen (secondary N) is 2. The first-order valence-electron chi connectivity index (χ1n) is 8.62. The highest BCUT2D eigenvalue weighted by molar-refractivity contribution is 5.92. The average Bonchev–Trinajstić information content (AvgIpc) is 3.03. The predicted octanol–water partition coefficient (Wildman–Crippen LogP) is 5.25. The van der Waals surface area contributed by atoms with Crippen molar-refractivity contribution >= 4 is 22.5 Å². The van der Waals surface area contributed by atoms with Gasteiger partial charge in [0.15, 0.2) is 0 Å². The Morgan fingerprint density at radius 3 is 2.71 bits per heavy atom. The number of aromatic amines is 1. The molecule has 1 heterocycles. The van der Waals surface area contributed by atoms with Crippen LogP contribution < -0.4 is 5.32 Å². The number of para-hydroxylation sites is 2. The molecule has 0 aliphatic heterocycles. The molecule has 2 N–H and O–H groups in total. The molecule has 1 atom stereocenters. The Kier molecular flexibility index (Phi) is 4.99. The Labute approximate surface area is 143 Å². The zero-order valence-electron chi connectivity index (χ0n) is 14.3. The summed E-state index contributed by atoms with van der Waals surface area (Å²) in [7, 11) is 0. The van der Waals surface area contributed by atoms with Crippen LogP contribution in [-0.4, -0.2) is 10.9 Å². The molecule has 0 bridgehead atoms. The molecule has 3 nitrogen and oxygen atoms in total. The van der Waals surface area contributed by atoms with E-state index in [0.29, 0.717) is 12.3 Å². The Morgan fingerprint density at radius 2 is 1.88 bits per heavy atom. The minimum atomic E-state index is 0.0658. The number of H-pyrrole nitrogens is 1. The maximum atomic E-state index is 12.4. The van der Waals surface area contributed by atoms with Crippen molar-refractivity contribution in [2.24, 2.45) is 0 Å². The summed E-state index contributed by atoms with van der Waals surface area (Å²) in [6, 6.07) is 16.3. The molecule has 0 spiro atoms. The van der Waals surface area contributed by atoms with Gasteiger partial charge in [-0.25, -0.2) is 0 Å². The summed E-state index contributed by atoms with van der Waals surface area (Å²) in [6.45, 7) is 4.36. The predicted molar refractivity (Wildman–Crippen MR) is 100 cm³/mol. The van der Waals surface area contributed by atoms with Crippen molar-refractivity contribution < 1.29 is 4.79 Å². The molecule has 2 aromatic carbocycles. The molecule has 0 unspecified atom stereocenters. The van der Waals surface area contributed by atoms with Crippen LogP contribution in [0.3, 0.4) is 0 Å². The number of rotatable bonds is 6. The smallest absolute Gasteiger partial charge is 0.224 e. The zero-order valence-corrected chi connectivity index (χ0v) is 14.3. The van der Waals surface area contributed by atoms with Crippen LogP contribution in [0.25, 0.3) is 10.9 Å². The average molecular weight is 320 g/mol. The van der Waals surface area contributed by atoms with Gasteiger partial charge in [-0.15, -0.1) is 0 Å². The Hall–Kier alpha value is -2.55. The number of carbonyl (C=O) groups is 1. The lowest BCUT2D eigenvalue weighted by Gasteiger charge is -2.15. The number of benzene rings is 2. The van der Waals surface area contributed by atoms with E-state index in [1.165, 1.54) is 16.5 Å². The third-order valence-corrected chi connectivity index (χ3v) is 4.67. The molecule has 0 saturated carbocycles. The van der Waals surface area contributed by atoms with E-state index in [0.717, 1.165) is 24.0 Å². The molecular formula is C21H24N2O. The van der Waals surface area contributed by atoms with E-state index in [1.54, 1.807) is 0 Å². The van der Waals surface area contributed by atoms with Crippen LogP contribution in [-0.2, 0) is 11.2 Å². The van der Waals surface area contributed by atoms with Gasteiger partial charge in [-0.3, -0.25) is 4.79 Å². The Bertz CT molecular complexity index is 834. The van der Waals surface area contributed by atoms with Gasteiger partial charge >= 0.3 is 0 Å². The summed E-state index contributed by atoms with van der Waals surface area (Å²) in [6.07, 6.45) is 4.28. The van der Waals surface area contributed by atoms with E-state index in [9.17, 15) is 4.79 Å². The fourth-order valence-electron chi connectivity index (χ4n) is 3.06. The molecule has 3 aromatic rings. The molecule has 0 aliphatic carbocycles. The van der Waals surface area contributed by atoms with E-state index in [2.05, 4.69) is 42.3 Å². The lowest BCUT2D eigenvalue weighted by atomic mass is 9.97. The molecule has 24 heavy (non-hydrogen) atoms. The second-order valence-electron chi connectivity index (χ2n) is 6.30. The molecule has 3 rings (SSSR count). The SMILES string of the molecule is CC[C@@H](C)c1ccccc1NC(=O)CCc1c[nH]c2ccccc12. The maximum absolute atomic E-state index is 12.4. The molecule has 1 amide bonds. The van der Waals surface area contributed by atoms with Crippen LogP contribution in [0.15, 0.2) is 54.7 Å². The highest BCUT2D eigenvalue weighted by atomic mass is 16.1. The second-order valence-corrected chi connectivity index (χ2v) is 6.30. The van der Waals surface area contributed by atoms with Gasteiger partial charge in [0, 0.05) is 29.2 Å². The van der Waals surface area contributed by atoms with E-state index < -0.39 is 0 Å². The highest BCUT2D eigenvalue weighted by Gasteiger charge is 2.12. The van der Waals surface area contributed by atoms with Gasteiger partial charge in [0.2, 0.25) is 5.91 Å². The van der Waals surface area contributed by atoms with Crippen molar-refractivity contribution in [3.63, 3.8) is 0 Å². The zero-order chi connectivity index (χ0) is 16.9. The monoisotopic (exact) mass is 320 g/mol. The van der Waals surface area contributed by atoms with Crippen molar-refractivity contribution in [1.29, 1.82) is 0 Å². The normalized spacial score (nSPS) is 12.2. The van der Waals surface area contributed by atoms with Crippen LogP contribution >= 0.6 is 0 Å². The fourth-order valence-corrected chi connectivity index (χ4v) is 3.06. The third kappa shape index (κ3) is 3.51. The van der Waals surface area contributed by atoms with Gasteiger partial charge in [-0.05, 0) is 42.0 Å². The van der Waals surface area contributed by atoms with Crippen molar-refractivity contribution in [2.75, 3.05) is 5.32 Å². The van der Waals surface area contributed by atoms with Gasteiger partial charge in [0.25, 0.3) is 0 Å². The minimum Gasteiger partial charge on any atom is -0.361 e. The highest BCUT2D eigenvalue weighted by Crippen LogP contribution is 2.27. The second kappa shape index (κ2) is 7.35. The minimum absolute atomic E-state index is 0.0658. The van der Waals surface area contributed by atoms with Crippen LogP contribution in [0.4, 0.5) is 5.69 Å². The van der Waals surface area contributed by atoms with E-state index in [-0.39, 0.29) is 5.91 Å². The lowest BCUT2D eigenvalue weighted by Crippen LogP contribution is -2.14. The molecule has 0 saturated heterocycles. The fraction of sp³-hybridized carbons (Fsp3) is 0.286. The van der Waals surface area contributed by atoms with Crippen molar-refractivity contribution in [3.05, 3.63) is 65.9 Å². The largest absolute Gasteiger partial charge is 0.361 e. The summed E-state index contributed by atoms with van der Waals surface area (Å²) in [5.74, 6) is 0.506. The summed E-state index contributed by atoms with van der Waals surface area (Å²) in [4.78, 5) is 15.6. The van der Waals surface area contributed by atoms with Gasteiger partial charge < -0.3 is 10.3 Å². The van der Waals surface area contributed by atoms with Crippen LogP contribution in [0.1, 0.15) is 43.7 Å². The molecule has 0 fully saturated rings. The number of hydrogen-bond acceptors (Lipinski definition) is 1. The standard InChI is InChI=1S/C21H24N2O/c1-3-15(2)17-8-4-7-11-20(17)23-21(24)13-12-16-14-22-19-10-6-5-9-18(16)19/h4-11,14-15,22H,3,12-13H2,1-2H3,(H,23,24)/t15-/m1/s1. The molecule has 124 valence electrons. The quantitative estimate of drug-likeness (QED) is 0.640. The van der Waals surface area contributed by atoms with E-state index in [4.69, 9.17) is 0 Å². The Morgan fingerprint density at radius 1 is 1.12 bits per heavy atom. The Balaban J connectivity index is 1.66. The molecule has 1 aromatic heterocycles. The van der Waals surface area contributed by atoms with Crippen molar-refractivity contribution in [1.82, 2.24) is 4.98 Å². The number of anilines is 1. The van der Waals surface area contributed by atoms with Gasteiger partial charge in [0.05, 0.1) is 0 Å². The van der Waals surface area contributed by atoms with Gasteiger partial charge in [-0.2, -0.15) is 0 Å². The summed E-state index contributed by atoms with van der Waals surface area (Å²) in [5, 5.41) is 4.29. The van der Waals surface area contributed by atoms with Crippen molar-refractivity contribution in [2.45, 2.75) is 39.0 Å². The number of hydrogen-bond donors (Lipinski definition) is 2. The third-order valence-electron chi connectivity index (χ3n) is 4.67. The molecule has 0 aliphatic rings. The molecule has 3 heteroatoms. The molecule has 0 radical (unpaired) electrons. The molecular weight excluding hydrogens is 296 g/mol. The topological polar surface area (TPSA) is 44.9 Å². The van der Waals surface area contributed by atoms with Crippen LogP contribution in [0.2, 0.25) is 0 Å². The number of aromatic nitrogens is 1.